The number of fused-ring (bicyclic) bond motifs is 1. The van der Waals surface area contributed by atoms with Gasteiger partial charge in [-0.25, -0.2) is 9.67 Å². The molecule has 1 saturated heterocycles. The largest absolute Gasteiger partial charge is 0.377 e. The third kappa shape index (κ3) is 2.36. The maximum absolute atomic E-state index is 12.3. The van der Waals surface area contributed by atoms with Gasteiger partial charge in [-0.2, -0.15) is 5.10 Å². The van der Waals surface area contributed by atoms with Gasteiger partial charge in [-0.05, 0) is 24.8 Å². The zero-order chi connectivity index (χ0) is 14.2. The average Bonchev–Trinajstić information content (AvgIpc) is 3.19. The number of aromatic nitrogens is 3. The lowest BCUT2D eigenvalue weighted by molar-refractivity contribution is 0.182. The molecule has 6 nitrogen and oxygen atoms in total. The zero-order valence-electron chi connectivity index (χ0n) is 11.5. The lowest BCUT2D eigenvalue weighted by Gasteiger charge is -2.20. The molecule has 7 heteroatoms. The van der Waals surface area contributed by atoms with Gasteiger partial charge in [0.25, 0.3) is 5.56 Å². The van der Waals surface area contributed by atoms with Crippen LogP contribution in [0, 0.1) is 0 Å². The van der Waals surface area contributed by atoms with Crippen molar-refractivity contribution in [1.82, 2.24) is 14.8 Å². The molecule has 2 unspecified atom stereocenters. The normalized spacial score (nSPS) is 24.2. The second kappa shape index (κ2) is 5.23. The van der Waals surface area contributed by atoms with Gasteiger partial charge in [-0.1, -0.05) is 0 Å². The van der Waals surface area contributed by atoms with Crippen molar-refractivity contribution in [1.29, 1.82) is 0 Å². The molecule has 2 aromatic rings. The van der Waals surface area contributed by atoms with Crippen molar-refractivity contribution in [3.05, 3.63) is 39.3 Å². The molecule has 1 aliphatic carbocycles. The number of hydrogen-bond donors (Lipinski definition) is 1. The first-order valence-electron chi connectivity index (χ1n) is 7.16. The van der Waals surface area contributed by atoms with Crippen molar-refractivity contribution in [3.8, 4) is 0 Å². The van der Waals surface area contributed by atoms with Crippen molar-refractivity contribution in [2.75, 3.05) is 18.5 Å². The highest BCUT2D eigenvalue weighted by Gasteiger charge is 2.32. The fraction of sp³-hybridized carbons (Fsp3) is 0.500. The molecule has 3 heterocycles. The summed E-state index contributed by atoms with van der Waals surface area (Å²) < 4.78 is 7.16. The van der Waals surface area contributed by atoms with Crippen molar-refractivity contribution in [2.24, 2.45) is 0 Å². The van der Waals surface area contributed by atoms with Crippen molar-refractivity contribution < 1.29 is 4.74 Å². The molecule has 0 aromatic carbocycles. The smallest absolute Gasteiger partial charge is 0.267 e. The van der Waals surface area contributed by atoms with E-state index >= 15 is 0 Å². The summed E-state index contributed by atoms with van der Waals surface area (Å²) in [5.74, 6) is 0. The zero-order valence-corrected chi connectivity index (χ0v) is 12.3. The fourth-order valence-corrected chi connectivity index (χ4v) is 3.62. The monoisotopic (exact) mass is 304 g/mol. The van der Waals surface area contributed by atoms with Gasteiger partial charge in [-0.15, -0.1) is 11.3 Å². The first-order valence-corrected chi connectivity index (χ1v) is 8.04. The number of hydrogen-bond acceptors (Lipinski definition) is 6. The van der Waals surface area contributed by atoms with Crippen LogP contribution >= 0.6 is 11.3 Å². The van der Waals surface area contributed by atoms with Crippen LogP contribution in [0.5, 0.6) is 0 Å². The van der Waals surface area contributed by atoms with Crippen molar-refractivity contribution >= 4 is 16.5 Å². The number of rotatable bonds is 3. The molecule has 21 heavy (non-hydrogen) atoms. The van der Waals surface area contributed by atoms with Crippen LogP contribution in [0.3, 0.4) is 0 Å². The number of aryl methyl sites for hydroxylation is 2. The molecule has 1 fully saturated rings. The van der Waals surface area contributed by atoms with Crippen LogP contribution in [-0.2, 0) is 17.6 Å². The van der Waals surface area contributed by atoms with E-state index in [-0.39, 0.29) is 17.6 Å². The summed E-state index contributed by atoms with van der Waals surface area (Å²) in [6.07, 6.45) is 4.79. The maximum atomic E-state index is 12.3. The third-order valence-electron chi connectivity index (χ3n) is 4.09. The van der Waals surface area contributed by atoms with E-state index in [0.29, 0.717) is 13.2 Å². The Morgan fingerprint density at radius 1 is 1.38 bits per heavy atom. The van der Waals surface area contributed by atoms with Gasteiger partial charge in [0.1, 0.15) is 6.04 Å². The van der Waals surface area contributed by atoms with E-state index in [1.807, 2.05) is 5.38 Å². The van der Waals surface area contributed by atoms with Crippen LogP contribution in [0.2, 0.25) is 0 Å². The first-order chi connectivity index (χ1) is 10.3. The molecule has 1 aliphatic heterocycles. The Bertz CT molecular complexity index is 697. The minimum Gasteiger partial charge on any atom is -0.377 e. The minimum absolute atomic E-state index is 0.0285. The van der Waals surface area contributed by atoms with Crippen molar-refractivity contribution in [3.63, 3.8) is 0 Å². The van der Waals surface area contributed by atoms with Crippen LogP contribution in [0.1, 0.15) is 23.7 Å². The average molecular weight is 304 g/mol. The Morgan fingerprint density at radius 3 is 3.19 bits per heavy atom. The summed E-state index contributed by atoms with van der Waals surface area (Å²) in [7, 11) is 0. The van der Waals surface area contributed by atoms with Crippen LogP contribution in [0.4, 0.5) is 5.13 Å². The summed E-state index contributed by atoms with van der Waals surface area (Å²) >= 11 is 1.55. The highest BCUT2D eigenvalue weighted by molar-refractivity contribution is 7.13. The molecule has 2 aliphatic rings. The predicted octanol–water partition coefficient (Wildman–Crippen LogP) is 1.24. The van der Waals surface area contributed by atoms with Crippen LogP contribution in [0.25, 0.3) is 0 Å². The fourth-order valence-electron chi connectivity index (χ4n) is 3.03. The van der Waals surface area contributed by atoms with Gasteiger partial charge < -0.3 is 10.1 Å². The molecule has 1 N–H and O–H groups in total. The van der Waals surface area contributed by atoms with Gasteiger partial charge in [0.05, 0.1) is 24.9 Å². The number of ether oxygens (including phenoxy) is 1. The van der Waals surface area contributed by atoms with Gasteiger partial charge >= 0.3 is 0 Å². The highest BCUT2D eigenvalue weighted by Crippen LogP contribution is 2.24. The second-order valence-corrected chi connectivity index (χ2v) is 6.34. The Balaban J connectivity index is 1.64. The van der Waals surface area contributed by atoms with E-state index in [1.165, 1.54) is 0 Å². The summed E-state index contributed by atoms with van der Waals surface area (Å²) in [6.45, 7) is 1.07. The number of anilines is 1. The molecule has 110 valence electrons. The summed E-state index contributed by atoms with van der Waals surface area (Å²) in [4.78, 5) is 16.6. The minimum atomic E-state index is -0.0766. The first kappa shape index (κ1) is 13.0. The molecular formula is C14H16N4O2S. The van der Waals surface area contributed by atoms with Crippen LogP contribution in [-0.4, -0.2) is 34.0 Å². The van der Waals surface area contributed by atoms with Gasteiger partial charge in [0, 0.05) is 17.6 Å². The van der Waals surface area contributed by atoms with Gasteiger partial charge in [-0.3, -0.25) is 4.79 Å². The topological polar surface area (TPSA) is 69.0 Å². The molecule has 0 amide bonds. The Hall–Kier alpha value is -1.73. The van der Waals surface area contributed by atoms with E-state index in [1.54, 1.807) is 28.3 Å². The summed E-state index contributed by atoms with van der Waals surface area (Å²) in [6, 6.07) is 1.70. The Morgan fingerprint density at radius 2 is 2.33 bits per heavy atom. The standard InChI is InChI=1S/C14H16N4O2S/c19-13-6-9-2-1-3-10(9)17-18(13)12-8-20-7-11(12)16-14-15-4-5-21-14/h4-6,11-12H,1-3,7-8H2,(H,15,16). The molecule has 0 radical (unpaired) electrons. The van der Waals surface area contributed by atoms with E-state index in [2.05, 4.69) is 15.4 Å². The summed E-state index contributed by atoms with van der Waals surface area (Å²) in [5, 5.41) is 10.7. The molecule has 2 aromatic heterocycles. The molecular weight excluding hydrogens is 288 g/mol. The molecule has 0 bridgehead atoms. The second-order valence-electron chi connectivity index (χ2n) is 5.45. The quantitative estimate of drug-likeness (QED) is 0.924. The van der Waals surface area contributed by atoms with Gasteiger partial charge in [0.2, 0.25) is 0 Å². The Labute approximate surface area is 125 Å². The van der Waals surface area contributed by atoms with Gasteiger partial charge in [0.15, 0.2) is 5.13 Å². The molecule has 0 spiro atoms. The number of thiazole rings is 1. The highest BCUT2D eigenvalue weighted by atomic mass is 32.1. The molecule has 0 saturated carbocycles. The Kier molecular flexibility index (Phi) is 3.23. The van der Waals surface area contributed by atoms with Crippen molar-refractivity contribution in [2.45, 2.75) is 31.3 Å². The number of nitrogens with one attached hydrogen (secondary N) is 1. The van der Waals surface area contributed by atoms with E-state index in [9.17, 15) is 4.79 Å². The predicted molar refractivity (Wildman–Crippen MR) is 79.9 cm³/mol. The molecule has 2 atom stereocenters. The lowest BCUT2D eigenvalue weighted by atomic mass is 10.1. The third-order valence-corrected chi connectivity index (χ3v) is 4.79. The summed E-state index contributed by atoms with van der Waals surface area (Å²) in [5.41, 5.74) is 2.14. The number of nitrogens with zero attached hydrogens (tertiary/aromatic N) is 3. The molecule has 4 rings (SSSR count). The van der Waals surface area contributed by atoms with Crippen LogP contribution < -0.4 is 10.9 Å². The SMILES string of the molecule is O=c1cc2c(nn1C1COCC1Nc1nccs1)CCC2. The van der Waals surface area contributed by atoms with E-state index in [4.69, 9.17) is 4.74 Å². The van der Waals surface area contributed by atoms with E-state index < -0.39 is 0 Å². The lowest BCUT2D eigenvalue weighted by Crippen LogP contribution is -2.37. The van der Waals surface area contributed by atoms with E-state index in [0.717, 1.165) is 35.7 Å². The maximum Gasteiger partial charge on any atom is 0.267 e. The van der Waals surface area contributed by atoms with Crippen LogP contribution in [0.15, 0.2) is 22.4 Å².